The highest BCUT2D eigenvalue weighted by Gasteiger charge is 2.13. The molecule has 0 amide bonds. The summed E-state index contributed by atoms with van der Waals surface area (Å²) in [5.74, 6) is 1.62. The highest BCUT2D eigenvalue weighted by atomic mass is 32.2. The number of aryl methyl sites for hydroxylation is 2. The number of tetrazole rings is 1. The number of aromatic nitrogens is 6. The van der Waals surface area contributed by atoms with E-state index in [0.29, 0.717) is 5.16 Å². The molecule has 2 aromatic rings. The first-order valence-electron chi connectivity index (χ1n) is 6.11. The molecular formula is C11H17N7S. The lowest BCUT2D eigenvalue weighted by molar-refractivity contribution is 0.664. The Hall–Kier alpha value is -1.70. The molecule has 0 aliphatic heterocycles. The van der Waals surface area contributed by atoms with Gasteiger partial charge < -0.3 is 5.32 Å². The van der Waals surface area contributed by atoms with Gasteiger partial charge in [0, 0.05) is 19.2 Å². The molecule has 7 nitrogen and oxygen atoms in total. The Kier molecular flexibility index (Phi) is 4.31. The third kappa shape index (κ3) is 3.19. The van der Waals surface area contributed by atoms with Crippen molar-refractivity contribution in [3.63, 3.8) is 0 Å². The highest BCUT2D eigenvalue weighted by molar-refractivity contribution is 7.99. The van der Waals surface area contributed by atoms with Crippen molar-refractivity contribution < 1.29 is 0 Å². The van der Waals surface area contributed by atoms with E-state index in [1.807, 2.05) is 20.9 Å². The average Bonchev–Trinajstić information content (AvgIpc) is 2.77. The zero-order valence-electron chi connectivity index (χ0n) is 11.5. The van der Waals surface area contributed by atoms with Crippen molar-refractivity contribution in [1.29, 1.82) is 0 Å². The van der Waals surface area contributed by atoms with Crippen LogP contribution in [-0.2, 0) is 7.05 Å². The molecule has 0 saturated carbocycles. The van der Waals surface area contributed by atoms with Crippen molar-refractivity contribution in [2.75, 3.05) is 11.9 Å². The van der Waals surface area contributed by atoms with Gasteiger partial charge in [0.1, 0.15) is 16.7 Å². The van der Waals surface area contributed by atoms with Gasteiger partial charge in [0.05, 0.1) is 0 Å². The molecule has 102 valence electrons. The lowest BCUT2D eigenvalue weighted by Crippen LogP contribution is -2.07. The molecule has 0 spiro atoms. The predicted molar refractivity (Wildman–Crippen MR) is 73.2 cm³/mol. The summed E-state index contributed by atoms with van der Waals surface area (Å²) in [6.07, 6.45) is 1.05. The first-order chi connectivity index (χ1) is 9.11. The second-order valence-electron chi connectivity index (χ2n) is 4.16. The van der Waals surface area contributed by atoms with E-state index in [0.717, 1.165) is 35.2 Å². The van der Waals surface area contributed by atoms with E-state index in [4.69, 9.17) is 0 Å². The third-order valence-electron chi connectivity index (χ3n) is 2.52. The number of anilines is 1. The van der Waals surface area contributed by atoms with Crippen LogP contribution in [0.4, 0.5) is 5.82 Å². The molecule has 0 unspecified atom stereocenters. The van der Waals surface area contributed by atoms with Gasteiger partial charge in [-0.25, -0.2) is 14.6 Å². The van der Waals surface area contributed by atoms with Gasteiger partial charge in [0.25, 0.3) is 0 Å². The van der Waals surface area contributed by atoms with Crippen LogP contribution >= 0.6 is 11.8 Å². The van der Waals surface area contributed by atoms with Crippen molar-refractivity contribution in [2.24, 2.45) is 7.05 Å². The molecule has 0 aliphatic carbocycles. The predicted octanol–water partition coefficient (Wildman–Crippen LogP) is 1.59. The van der Waals surface area contributed by atoms with Crippen molar-refractivity contribution in [3.05, 3.63) is 11.4 Å². The summed E-state index contributed by atoms with van der Waals surface area (Å²) < 4.78 is 1.63. The Balaban J connectivity index is 2.29. The van der Waals surface area contributed by atoms with Crippen LogP contribution in [0, 0.1) is 13.8 Å². The van der Waals surface area contributed by atoms with Gasteiger partial charge in [0.15, 0.2) is 0 Å². The molecule has 0 aliphatic rings. The number of hydrogen-bond donors (Lipinski definition) is 1. The molecular weight excluding hydrogens is 262 g/mol. The molecule has 1 N–H and O–H groups in total. The van der Waals surface area contributed by atoms with Crippen LogP contribution < -0.4 is 5.32 Å². The van der Waals surface area contributed by atoms with Gasteiger partial charge in [-0.2, -0.15) is 0 Å². The lowest BCUT2D eigenvalue weighted by atomic mass is 10.3. The van der Waals surface area contributed by atoms with Gasteiger partial charge in [-0.15, -0.1) is 5.10 Å². The Labute approximate surface area is 116 Å². The monoisotopic (exact) mass is 279 g/mol. The lowest BCUT2D eigenvalue weighted by Gasteiger charge is -2.11. The second-order valence-corrected chi connectivity index (χ2v) is 5.12. The molecule has 19 heavy (non-hydrogen) atoms. The maximum Gasteiger partial charge on any atom is 0.215 e. The fourth-order valence-electron chi connectivity index (χ4n) is 1.51. The Morgan fingerprint density at radius 1 is 1.26 bits per heavy atom. The normalized spacial score (nSPS) is 10.7. The molecule has 0 saturated heterocycles. The zero-order chi connectivity index (χ0) is 13.8. The van der Waals surface area contributed by atoms with E-state index >= 15 is 0 Å². The van der Waals surface area contributed by atoms with Gasteiger partial charge in [-0.1, -0.05) is 6.92 Å². The average molecular weight is 279 g/mol. The summed E-state index contributed by atoms with van der Waals surface area (Å²) in [5.41, 5.74) is 1.02. The maximum absolute atomic E-state index is 4.46. The minimum atomic E-state index is 0.711. The van der Waals surface area contributed by atoms with Crippen LogP contribution in [0.15, 0.2) is 10.2 Å². The molecule has 0 radical (unpaired) electrons. The van der Waals surface area contributed by atoms with Crippen molar-refractivity contribution in [2.45, 2.75) is 37.4 Å². The minimum absolute atomic E-state index is 0.711. The quantitative estimate of drug-likeness (QED) is 0.832. The van der Waals surface area contributed by atoms with Gasteiger partial charge in [0.2, 0.25) is 5.16 Å². The highest BCUT2D eigenvalue weighted by Crippen LogP contribution is 2.29. The molecule has 0 fully saturated rings. The summed E-state index contributed by atoms with van der Waals surface area (Å²) in [4.78, 5) is 8.89. The van der Waals surface area contributed by atoms with E-state index in [-0.39, 0.29) is 0 Å². The Bertz CT molecular complexity index is 566. The number of hydrogen-bond acceptors (Lipinski definition) is 7. The van der Waals surface area contributed by atoms with Crippen LogP contribution in [-0.4, -0.2) is 36.7 Å². The molecule has 0 atom stereocenters. The van der Waals surface area contributed by atoms with Crippen molar-refractivity contribution in [3.8, 4) is 0 Å². The fourth-order valence-corrected chi connectivity index (χ4v) is 2.36. The smallest absolute Gasteiger partial charge is 0.215 e. The Morgan fingerprint density at radius 3 is 2.68 bits per heavy atom. The second kappa shape index (κ2) is 5.96. The summed E-state index contributed by atoms with van der Waals surface area (Å²) in [6, 6.07) is 0. The van der Waals surface area contributed by atoms with E-state index in [9.17, 15) is 0 Å². The molecule has 2 heterocycles. The first-order valence-corrected chi connectivity index (χ1v) is 6.92. The number of nitrogens with zero attached hydrogens (tertiary/aromatic N) is 6. The van der Waals surface area contributed by atoms with E-state index in [1.165, 1.54) is 11.8 Å². The molecule has 2 aromatic heterocycles. The summed E-state index contributed by atoms with van der Waals surface area (Å²) in [5, 5.41) is 16.3. The molecule has 8 heteroatoms. The summed E-state index contributed by atoms with van der Waals surface area (Å²) >= 11 is 1.45. The Morgan fingerprint density at radius 2 is 2.05 bits per heavy atom. The number of nitrogens with one attached hydrogen (secondary N) is 1. The van der Waals surface area contributed by atoms with Crippen LogP contribution in [0.5, 0.6) is 0 Å². The molecule has 0 aromatic carbocycles. The maximum atomic E-state index is 4.46. The summed E-state index contributed by atoms with van der Waals surface area (Å²) in [7, 11) is 1.81. The molecule has 0 bridgehead atoms. The summed E-state index contributed by atoms with van der Waals surface area (Å²) in [6.45, 7) is 6.91. The molecule has 2 rings (SSSR count). The third-order valence-corrected chi connectivity index (χ3v) is 3.64. The minimum Gasteiger partial charge on any atom is -0.370 e. The number of rotatable bonds is 5. The topological polar surface area (TPSA) is 81.4 Å². The fraction of sp³-hybridized carbons (Fsp3) is 0.545. The van der Waals surface area contributed by atoms with E-state index in [1.54, 1.807) is 4.68 Å². The standard InChI is InChI=1S/C11H17N7S/c1-5-6-12-9-7(2)10(14-8(3)13-9)19-11-15-16-17-18(11)4/h5-6H2,1-4H3,(H,12,13,14). The van der Waals surface area contributed by atoms with Crippen LogP contribution in [0.3, 0.4) is 0 Å². The van der Waals surface area contributed by atoms with Gasteiger partial charge >= 0.3 is 0 Å². The van der Waals surface area contributed by atoms with Crippen LogP contribution in [0.2, 0.25) is 0 Å². The van der Waals surface area contributed by atoms with Crippen molar-refractivity contribution >= 4 is 17.6 Å². The van der Waals surface area contributed by atoms with E-state index in [2.05, 4.69) is 37.7 Å². The first kappa shape index (κ1) is 13.7. The van der Waals surface area contributed by atoms with Crippen LogP contribution in [0.1, 0.15) is 24.7 Å². The van der Waals surface area contributed by atoms with Crippen molar-refractivity contribution in [1.82, 2.24) is 30.2 Å². The van der Waals surface area contributed by atoms with Crippen LogP contribution in [0.25, 0.3) is 0 Å². The zero-order valence-corrected chi connectivity index (χ0v) is 12.3. The SMILES string of the molecule is CCCNc1nc(C)nc(Sc2nnnn2C)c1C. The van der Waals surface area contributed by atoms with Gasteiger partial charge in [-0.3, -0.25) is 0 Å². The van der Waals surface area contributed by atoms with E-state index < -0.39 is 0 Å². The van der Waals surface area contributed by atoms with Gasteiger partial charge in [-0.05, 0) is 42.5 Å². The largest absolute Gasteiger partial charge is 0.370 e.